The Kier molecular flexibility index (Phi) is 4.64. The van der Waals surface area contributed by atoms with Gasteiger partial charge in [0.2, 0.25) is 5.43 Å². The SMILES string of the molecule is O=C(O)c1cn(-c2nc(-c3ccc(Cl)cc3)cs2)c2c(F)c(F)c(F)cc2c1=O. The van der Waals surface area contributed by atoms with Crippen molar-refractivity contribution in [3.8, 4) is 16.4 Å². The Bertz CT molecular complexity index is 1350. The second-order valence-corrected chi connectivity index (χ2v) is 7.22. The zero-order chi connectivity index (χ0) is 20.9. The number of benzene rings is 2. The van der Waals surface area contributed by atoms with E-state index in [1.54, 1.807) is 29.6 Å². The molecular weight excluding hydrogens is 429 g/mol. The molecule has 2 aromatic carbocycles. The van der Waals surface area contributed by atoms with E-state index in [0.29, 0.717) is 22.3 Å². The molecule has 0 aliphatic rings. The highest BCUT2D eigenvalue weighted by molar-refractivity contribution is 7.12. The lowest BCUT2D eigenvalue weighted by atomic mass is 10.1. The Hall–Kier alpha value is -3.17. The van der Waals surface area contributed by atoms with Crippen LogP contribution in [0.25, 0.3) is 27.3 Å². The van der Waals surface area contributed by atoms with E-state index >= 15 is 0 Å². The third kappa shape index (κ3) is 3.18. The quantitative estimate of drug-likeness (QED) is 0.464. The molecular formula is C19H8ClF3N2O3S. The summed E-state index contributed by atoms with van der Waals surface area (Å²) < 4.78 is 43.0. The van der Waals surface area contributed by atoms with Gasteiger partial charge in [-0.2, -0.15) is 0 Å². The van der Waals surface area contributed by atoms with E-state index in [4.69, 9.17) is 11.6 Å². The van der Waals surface area contributed by atoms with Crippen molar-refractivity contribution in [3.05, 3.63) is 80.2 Å². The molecule has 0 fully saturated rings. The fraction of sp³-hybridized carbons (Fsp3) is 0. The maximum atomic E-state index is 14.5. The standard InChI is InChI=1S/C19H8ClF3N2O3S/c20-9-3-1-8(2-4-9)13-7-29-19(24-13)25-6-11(18(27)28)17(26)10-5-12(21)14(22)15(23)16(10)25/h1-7H,(H,27,28). The number of aromatic nitrogens is 2. The first-order valence-corrected chi connectivity index (χ1v) is 9.21. The first-order valence-electron chi connectivity index (χ1n) is 7.96. The molecule has 4 rings (SSSR count). The Morgan fingerprint density at radius 3 is 2.48 bits per heavy atom. The van der Waals surface area contributed by atoms with E-state index < -0.39 is 45.3 Å². The summed E-state index contributed by atoms with van der Waals surface area (Å²) in [6, 6.07) is 7.16. The number of halogens is 4. The summed E-state index contributed by atoms with van der Waals surface area (Å²) in [4.78, 5) is 28.1. The molecule has 0 spiro atoms. The molecule has 2 aromatic heterocycles. The van der Waals surface area contributed by atoms with Gasteiger partial charge in [-0.15, -0.1) is 11.3 Å². The highest BCUT2D eigenvalue weighted by Gasteiger charge is 2.23. The number of nitrogens with zero attached hydrogens (tertiary/aromatic N) is 2. The summed E-state index contributed by atoms with van der Waals surface area (Å²) in [7, 11) is 0. The molecule has 0 aliphatic heterocycles. The van der Waals surface area contributed by atoms with Gasteiger partial charge >= 0.3 is 5.97 Å². The van der Waals surface area contributed by atoms with Gasteiger partial charge in [-0.05, 0) is 18.2 Å². The Balaban J connectivity index is 2.02. The Morgan fingerprint density at radius 1 is 1.14 bits per heavy atom. The predicted octanol–water partition coefficient (Wildman–Crippen LogP) is 4.88. The molecule has 0 atom stereocenters. The Morgan fingerprint density at radius 2 is 1.83 bits per heavy atom. The van der Waals surface area contributed by atoms with Crippen LogP contribution in [-0.2, 0) is 0 Å². The van der Waals surface area contributed by atoms with Gasteiger partial charge < -0.3 is 5.11 Å². The number of carboxylic acids is 1. The smallest absolute Gasteiger partial charge is 0.341 e. The molecule has 146 valence electrons. The molecule has 10 heteroatoms. The summed E-state index contributed by atoms with van der Waals surface area (Å²) in [5.41, 5.74) is -1.31. The van der Waals surface area contributed by atoms with Crippen LogP contribution in [0.2, 0.25) is 5.02 Å². The third-order valence-electron chi connectivity index (χ3n) is 4.19. The summed E-state index contributed by atoms with van der Waals surface area (Å²) in [6.07, 6.45) is 0.845. The topological polar surface area (TPSA) is 72.2 Å². The first kappa shape index (κ1) is 19.2. The number of rotatable bonds is 3. The molecule has 0 bridgehead atoms. The van der Waals surface area contributed by atoms with Crippen molar-refractivity contribution in [2.24, 2.45) is 0 Å². The fourth-order valence-electron chi connectivity index (χ4n) is 2.82. The number of fused-ring (bicyclic) bond motifs is 1. The van der Waals surface area contributed by atoms with E-state index in [9.17, 15) is 27.9 Å². The van der Waals surface area contributed by atoms with Crippen LogP contribution < -0.4 is 5.43 Å². The minimum Gasteiger partial charge on any atom is -0.477 e. The molecule has 29 heavy (non-hydrogen) atoms. The van der Waals surface area contributed by atoms with Crippen LogP contribution >= 0.6 is 22.9 Å². The number of hydrogen-bond donors (Lipinski definition) is 1. The lowest BCUT2D eigenvalue weighted by Crippen LogP contribution is -2.20. The zero-order valence-electron chi connectivity index (χ0n) is 14.1. The highest BCUT2D eigenvalue weighted by atomic mass is 35.5. The zero-order valence-corrected chi connectivity index (χ0v) is 15.7. The molecule has 0 saturated heterocycles. The molecule has 0 unspecified atom stereocenters. The monoisotopic (exact) mass is 436 g/mol. The maximum absolute atomic E-state index is 14.5. The maximum Gasteiger partial charge on any atom is 0.341 e. The Labute approximate surface area is 169 Å². The van der Waals surface area contributed by atoms with Crippen LogP contribution in [0.3, 0.4) is 0 Å². The molecule has 0 saturated carbocycles. The van der Waals surface area contributed by atoms with Crippen LogP contribution in [0.4, 0.5) is 13.2 Å². The van der Waals surface area contributed by atoms with Crippen molar-refractivity contribution >= 4 is 39.8 Å². The van der Waals surface area contributed by atoms with Crippen LogP contribution in [0.5, 0.6) is 0 Å². The van der Waals surface area contributed by atoms with E-state index in [1.165, 1.54) is 0 Å². The number of aromatic carboxylic acids is 1. The van der Waals surface area contributed by atoms with Crippen molar-refractivity contribution < 1.29 is 23.1 Å². The lowest BCUT2D eigenvalue weighted by Gasteiger charge is -2.11. The summed E-state index contributed by atoms with van der Waals surface area (Å²) in [6.45, 7) is 0. The molecule has 4 aromatic rings. The largest absolute Gasteiger partial charge is 0.477 e. The number of hydrogen-bond acceptors (Lipinski definition) is 4. The van der Waals surface area contributed by atoms with E-state index in [0.717, 1.165) is 22.1 Å². The number of carbonyl (C=O) groups is 1. The molecule has 0 aliphatic carbocycles. The van der Waals surface area contributed by atoms with E-state index in [1.807, 2.05) is 0 Å². The fourth-order valence-corrected chi connectivity index (χ4v) is 3.76. The van der Waals surface area contributed by atoms with Gasteiger partial charge in [0, 0.05) is 22.2 Å². The van der Waals surface area contributed by atoms with Gasteiger partial charge in [0.25, 0.3) is 0 Å². The molecule has 0 radical (unpaired) electrons. The predicted molar refractivity (Wildman–Crippen MR) is 102 cm³/mol. The van der Waals surface area contributed by atoms with Gasteiger partial charge in [-0.1, -0.05) is 23.7 Å². The van der Waals surface area contributed by atoms with Crippen molar-refractivity contribution in [3.63, 3.8) is 0 Å². The van der Waals surface area contributed by atoms with E-state index in [2.05, 4.69) is 4.98 Å². The average Bonchev–Trinajstić information content (AvgIpc) is 3.17. The molecule has 2 heterocycles. The van der Waals surface area contributed by atoms with Gasteiger partial charge in [0.1, 0.15) is 5.56 Å². The average molecular weight is 437 g/mol. The summed E-state index contributed by atoms with van der Waals surface area (Å²) >= 11 is 6.86. The summed E-state index contributed by atoms with van der Waals surface area (Å²) in [5.74, 6) is -6.58. The second kappa shape index (κ2) is 7.02. The number of pyridine rings is 1. The highest BCUT2D eigenvalue weighted by Crippen LogP contribution is 2.29. The van der Waals surface area contributed by atoms with E-state index in [-0.39, 0.29) is 5.13 Å². The van der Waals surface area contributed by atoms with Crippen molar-refractivity contribution in [2.75, 3.05) is 0 Å². The van der Waals surface area contributed by atoms with Crippen LogP contribution in [0.1, 0.15) is 10.4 Å². The lowest BCUT2D eigenvalue weighted by molar-refractivity contribution is 0.0695. The normalized spacial score (nSPS) is 11.2. The number of carboxylic acid groups (broad SMARTS) is 1. The molecule has 1 N–H and O–H groups in total. The van der Waals surface area contributed by atoms with Gasteiger partial charge in [0.15, 0.2) is 22.6 Å². The number of thiazole rings is 1. The first-order chi connectivity index (χ1) is 13.8. The van der Waals surface area contributed by atoms with Gasteiger partial charge in [-0.25, -0.2) is 22.9 Å². The third-order valence-corrected chi connectivity index (χ3v) is 5.29. The van der Waals surface area contributed by atoms with Crippen LogP contribution in [0.15, 0.2) is 46.7 Å². The molecule has 0 amide bonds. The minimum atomic E-state index is -1.77. The van der Waals surface area contributed by atoms with Crippen molar-refractivity contribution in [1.82, 2.24) is 9.55 Å². The van der Waals surface area contributed by atoms with Crippen LogP contribution in [-0.4, -0.2) is 20.6 Å². The summed E-state index contributed by atoms with van der Waals surface area (Å²) in [5, 5.41) is 10.9. The van der Waals surface area contributed by atoms with Crippen LogP contribution in [0, 0.1) is 17.5 Å². The second-order valence-electron chi connectivity index (χ2n) is 5.95. The van der Waals surface area contributed by atoms with Crippen molar-refractivity contribution in [2.45, 2.75) is 0 Å². The molecule has 5 nitrogen and oxygen atoms in total. The van der Waals surface area contributed by atoms with Crippen molar-refractivity contribution in [1.29, 1.82) is 0 Å². The van der Waals surface area contributed by atoms with Gasteiger partial charge in [0.05, 0.1) is 16.6 Å². The minimum absolute atomic E-state index is 0.0624. The van der Waals surface area contributed by atoms with Gasteiger partial charge in [-0.3, -0.25) is 9.36 Å².